The first-order chi connectivity index (χ1) is 3.80. The van der Waals surface area contributed by atoms with Gasteiger partial charge in [-0.05, 0) is 0 Å². The molecule has 1 N–H and O–H groups in total. The molecule has 0 atom stereocenters. The number of allylic oxidation sites excluding steroid dienone is 5. The van der Waals surface area contributed by atoms with Crippen molar-refractivity contribution in [2.24, 2.45) is 0 Å². The van der Waals surface area contributed by atoms with Crippen LogP contribution in [0.1, 0.15) is 0 Å². The zero-order valence-corrected chi connectivity index (χ0v) is 5.64. The van der Waals surface area contributed by atoms with E-state index in [0.29, 0.717) is 4.48 Å². The molecule has 2 heteroatoms. The van der Waals surface area contributed by atoms with Gasteiger partial charge in [-0.15, -0.1) is 0 Å². The van der Waals surface area contributed by atoms with E-state index < -0.39 is 0 Å². The minimum Gasteiger partial charge on any atom is -0.480 e. The maximum absolute atomic E-state index is 8.82. The van der Waals surface area contributed by atoms with Crippen molar-refractivity contribution in [3.8, 4) is 0 Å². The van der Waals surface area contributed by atoms with E-state index in [1.54, 1.807) is 18.2 Å². The lowest BCUT2D eigenvalue weighted by Crippen LogP contribution is -1.81. The summed E-state index contributed by atoms with van der Waals surface area (Å²) in [7, 11) is 0. The predicted octanol–water partition coefficient (Wildman–Crippen LogP) is 2.08. The third kappa shape index (κ3) is 0.971. The fourth-order valence-electron chi connectivity index (χ4n) is 0.408. The molecule has 8 heavy (non-hydrogen) atoms. The van der Waals surface area contributed by atoms with Crippen molar-refractivity contribution in [3.05, 3.63) is 34.5 Å². The van der Waals surface area contributed by atoms with E-state index in [9.17, 15) is 0 Å². The van der Waals surface area contributed by atoms with Crippen LogP contribution < -0.4 is 0 Å². The van der Waals surface area contributed by atoms with Gasteiger partial charge in [0.05, 0.1) is 12.2 Å². The Bertz CT molecular complexity index is 157. The number of aliphatic hydroxyl groups is 1. The van der Waals surface area contributed by atoms with E-state index in [1.807, 2.05) is 0 Å². The SMILES string of the molecule is OC1=[C+]C=CC=C1Br. The van der Waals surface area contributed by atoms with E-state index in [2.05, 4.69) is 22.0 Å². The van der Waals surface area contributed by atoms with E-state index >= 15 is 0 Å². The summed E-state index contributed by atoms with van der Waals surface area (Å²) in [6.07, 6.45) is 7.81. The number of hydrogen-bond donors (Lipinski definition) is 1. The van der Waals surface area contributed by atoms with E-state index in [0.717, 1.165) is 0 Å². The van der Waals surface area contributed by atoms with Gasteiger partial charge in [-0.25, -0.2) is 0 Å². The lowest BCUT2D eigenvalue weighted by atomic mass is 10.3. The molecule has 0 unspecified atom stereocenters. The number of halogens is 1. The van der Waals surface area contributed by atoms with E-state index in [1.165, 1.54) is 0 Å². The molecule has 1 nitrogen and oxygen atoms in total. The van der Waals surface area contributed by atoms with Gasteiger partial charge >= 0.3 is 5.76 Å². The van der Waals surface area contributed by atoms with Crippen LogP contribution in [0.2, 0.25) is 0 Å². The minimum atomic E-state index is 0.160. The van der Waals surface area contributed by atoms with Crippen molar-refractivity contribution >= 4 is 15.9 Å². The molecule has 0 fully saturated rings. The summed E-state index contributed by atoms with van der Waals surface area (Å²) in [6, 6.07) is 0. The monoisotopic (exact) mass is 171 g/mol. The van der Waals surface area contributed by atoms with E-state index in [4.69, 9.17) is 5.11 Å². The van der Waals surface area contributed by atoms with E-state index in [-0.39, 0.29) is 5.76 Å². The van der Waals surface area contributed by atoms with Gasteiger partial charge in [0.1, 0.15) is 6.08 Å². The second kappa shape index (κ2) is 2.12. The van der Waals surface area contributed by atoms with Crippen LogP contribution in [0.4, 0.5) is 0 Å². The third-order valence-electron chi connectivity index (χ3n) is 0.785. The Balaban J connectivity index is 2.93. The maximum atomic E-state index is 8.82. The number of rotatable bonds is 0. The third-order valence-corrected chi connectivity index (χ3v) is 1.42. The molecule has 1 aliphatic carbocycles. The van der Waals surface area contributed by atoms with Crippen LogP contribution in [0.3, 0.4) is 0 Å². The molecular weight excluding hydrogens is 168 g/mol. The smallest absolute Gasteiger partial charge is 0.301 e. The highest BCUT2D eigenvalue weighted by molar-refractivity contribution is 9.11. The molecule has 40 valence electrons. The summed E-state index contributed by atoms with van der Waals surface area (Å²) in [6.45, 7) is 0. The lowest BCUT2D eigenvalue weighted by molar-refractivity contribution is 0.427. The van der Waals surface area contributed by atoms with Crippen molar-refractivity contribution in [2.75, 3.05) is 0 Å². The van der Waals surface area contributed by atoms with Gasteiger partial charge in [0.25, 0.3) is 0 Å². The van der Waals surface area contributed by atoms with Gasteiger partial charge in [-0.3, -0.25) is 0 Å². The zero-order valence-electron chi connectivity index (χ0n) is 4.06. The highest BCUT2D eigenvalue weighted by Crippen LogP contribution is 2.16. The molecule has 0 saturated heterocycles. The fourth-order valence-corrected chi connectivity index (χ4v) is 0.675. The van der Waals surface area contributed by atoms with Gasteiger partial charge in [-0.1, -0.05) is 0 Å². The first-order valence-corrected chi connectivity index (χ1v) is 2.95. The number of hydrogen-bond acceptors (Lipinski definition) is 1. The first-order valence-electron chi connectivity index (χ1n) is 2.16. The Morgan fingerprint density at radius 2 is 2.38 bits per heavy atom. The summed E-state index contributed by atoms with van der Waals surface area (Å²) in [5.41, 5.74) is 0. The normalized spacial score (nSPS) is 16.6. The average molecular weight is 172 g/mol. The molecule has 1 aliphatic rings. The summed E-state index contributed by atoms with van der Waals surface area (Å²) >= 11 is 3.11. The van der Waals surface area contributed by atoms with Crippen LogP contribution in [0.25, 0.3) is 0 Å². The molecule has 1 rings (SSSR count). The Labute approximate surface area is 56.2 Å². The highest BCUT2D eigenvalue weighted by Gasteiger charge is 2.09. The van der Waals surface area contributed by atoms with Crippen LogP contribution in [-0.4, -0.2) is 5.11 Å². The molecule has 0 bridgehead atoms. The van der Waals surface area contributed by atoms with Gasteiger partial charge < -0.3 is 5.11 Å². The average Bonchev–Trinajstić information content (AvgIpc) is 1.77. The molecule has 0 spiro atoms. The minimum absolute atomic E-state index is 0.160. The molecule has 0 heterocycles. The summed E-state index contributed by atoms with van der Waals surface area (Å²) in [4.78, 5) is 0. The molecule has 0 saturated carbocycles. The Morgan fingerprint density at radius 1 is 1.62 bits per heavy atom. The Morgan fingerprint density at radius 3 is 2.75 bits per heavy atom. The topological polar surface area (TPSA) is 20.2 Å². The van der Waals surface area contributed by atoms with Crippen molar-refractivity contribution < 1.29 is 5.11 Å². The first kappa shape index (κ1) is 5.54. The van der Waals surface area contributed by atoms with Crippen molar-refractivity contribution in [1.82, 2.24) is 0 Å². The van der Waals surface area contributed by atoms with Crippen LogP contribution in [0.15, 0.2) is 28.5 Å². The second-order valence-electron chi connectivity index (χ2n) is 1.37. The molecule has 0 aromatic carbocycles. The Hall–Kier alpha value is -0.590. The summed E-state index contributed by atoms with van der Waals surface area (Å²) < 4.78 is 0.681. The van der Waals surface area contributed by atoms with Crippen molar-refractivity contribution in [2.45, 2.75) is 0 Å². The largest absolute Gasteiger partial charge is 0.480 e. The van der Waals surface area contributed by atoms with Crippen LogP contribution in [0.5, 0.6) is 0 Å². The van der Waals surface area contributed by atoms with Crippen LogP contribution in [0, 0.1) is 6.08 Å². The van der Waals surface area contributed by atoms with Gasteiger partial charge in [0, 0.05) is 22.0 Å². The highest BCUT2D eigenvalue weighted by atomic mass is 79.9. The van der Waals surface area contributed by atoms with Gasteiger partial charge in [-0.2, -0.15) is 0 Å². The molecule has 0 aromatic rings. The Kier molecular flexibility index (Phi) is 1.47. The quantitative estimate of drug-likeness (QED) is 0.554. The lowest BCUT2D eigenvalue weighted by Gasteiger charge is -1.85. The molecule has 0 aliphatic heterocycles. The second-order valence-corrected chi connectivity index (χ2v) is 2.22. The molecule has 0 aromatic heterocycles. The summed E-state index contributed by atoms with van der Waals surface area (Å²) in [5.74, 6) is 0.160. The zero-order chi connectivity index (χ0) is 5.98. The van der Waals surface area contributed by atoms with Gasteiger partial charge in [0.2, 0.25) is 0 Å². The molecular formula is C6H4BrO+. The van der Waals surface area contributed by atoms with Gasteiger partial charge in [0.15, 0.2) is 4.48 Å². The van der Waals surface area contributed by atoms with Crippen molar-refractivity contribution in [3.63, 3.8) is 0 Å². The molecule has 0 radical (unpaired) electrons. The maximum Gasteiger partial charge on any atom is 0.301 e. The van der Waals surface area contributed by atoms with Crippen molar-refractivity contribution in [1.29, 1.82) is 0 Å². The van der Waals surface area contributed by atoms with Crippen LogP contribution in [-0.2, 0) is 0 Å². The standard InChI is InChI=1S/C6H3BrO/c7-5-3-1-2-4-6(5)8/h1-3H/p+1. The number of aliphatic hydroxyl groups excluding tert-OH is 1. The fraction of sp³-hybridized carbons (Fsp3) is 0. The summed E-state index contributed by atoms with van der Waals surface area (Å²) in [5, 5.41) is 8.82. The predicted molar refractivity (Wildman–Crippen MR) is 35.5 cm³/mol. The molecule has 0 amide bonds. The van der Waals surface area contributed by atoms with Crippen LogP contribution >= 0.6 is 15.9 Å².